The molecule has 1 aromatic heterocycles. The van der Waals surface area contributed by atoms with Crippen molar-refractivity contribution >= 4 is 45.8 Å². The minimum atomic E-state index is -0.907. The van der Waals surface area contributed by atoms with Crippen LogP contribution in [0.3, 0.4) is 0 Å². The third-order valence-corrected chi connectivity index (χ3v) is 4.00. The summed E-state index contributed by atoms with van der Waals surface area (Å²) in [6.45, 7) is 0. The van der Waals surface area contributed by atoms with E-state index < -0.39 is 6.10 Å². The fraction of sp³-hybridized carbons (Fsp3) is 0.0667. The molecule has 20 heavy (non-hydrogen) atoms. The maximum absolute atomic E-state index is 10.3. The van der Waals surface area contributed by atoms with Gasteiger partial charge < -0.3 is 9.52 Å². The van der Waals surface area contributed by atoms with Gasteiger partial charge in [0.15, 0.2) is 0 Å². The molecule has 0 aliphatic rings. The molecule has 0 spiro atoms. The van der Waals surface area contributed by atoms with Gasteiger partial charge in [-0.15, -0.1) is 0 Å². The van der Waals surface area contributed by atoms with Crippen LogP contribution < -0.4 is 0 Å². The van der Waals surface area contributed by atoms with Gasteiger partial charge in [-0.25, -0.2) is 0 Å². The van der Waals surface area contributed by atoms with Gasteiger partial charge in [0.1, 0.15) is 17.4 Å². The molecule has 1 unspecified atom stereocenters. The first kappa shape index (κ1) is 13.8. The van der Waals surface area contributed by atoms with Crippen molar-refractivity contribution in [2.45, 2.75) is 6.10 Å². The lowest BCUT2D eigenvalue weighted by atomic mass is 10.1. The van der Waals surface area contributed by atoms with Crippen molar-refractivity contribution in [3.05, 3.63) is 68.9 Å². The van der Waals surface area contributed by atoms with Gasteiger partial charge >= 0.3 is 0 Å². The topological polar surface area (TPSA) is 33.4 Å². The SMILES string of the molecule is OC(c1ccc(Cl)c(Cl)c1)c1cc2cc(Cl)ccc2o1. The summed E-state index contributed by atoms with van der Waals surface area (Å²) in [7, 11) is 0. The van der Waals surface area contributed by atoms with Crippen LogP contribution in [0.1, 0.15) is 17.4 Å². The number of furan rings is 1. The summed E-state index contributed by atoms with van der Waals surface area (Å²) in [4.78, 5) is 0. The molecule has 0 saturated carbocycles. The molecule has 0 saturated heterocycles. The largest absolute Gasteiger partial charge is 0.458 e. The Morgan fingerprint density at radius 2 is 1.70 bits per heavy atom. The molecule has 5 heteroatoms. The van der Waals surface area contributed by atoms with Gasteiger partial charge in [0.2, 0.25) is 0 Å². The highest BCUT2D eigenvalue weighted by molar-refractivity contribution is 6.42. The monoisotopic (exact) mass is 326 g/mol. The second-order valence-electron chi connectivity index (χ2n) is 4.41. The second kappa shape index (κ2) is 5.30. The average Bonchev–Trinajstić information content (AvgIpc) is 2.84. The number of halogens is 3. The van der Waals surface area contributed by atoms with Crippen LogP contribution in [0.15, 0.2) is 46.9 Å². The molecule has 1 heterocycles. The molecule has 3 rings (SSSR count). The van der Waals surface area contributed by atoms with E-state index in [0.717, 1.165) is 5.39 Å². The van der Waals surface area contributed by atoms with Gasteiger partial charge in [0.25, 0.3) is 0 Å². The molecule has 2 aromatic carbocycles. The van der Waals surface area contributed by atoms with Crippen molar-refractivity contribution < 1.29 is 9.52 Å². The highest BCUT2D eigenvalue weighted by Crippen LogP contribution is 2.32. The highest BCUT2D eigenvalue weighted by atomic mass is 35.5. The number of rotatable bonds is 2. The Bertz CT molecular complexity index is 780. The number of aliphatic hydroxyl groups excluding tert-OH is 1. The van der Waals surface area contributed by atoms with Gasteiger partial charge in [-0.1, -0.05) is 40.9 Å². The Balaban J connectivity index is 2.02. The van der Waals surface area contributed by atoms with Crippen molar-refractivity contribution in [2.24, 2.45) is 0 Å². The van der Waals surface area contributed by atoms with Crippen LogP contribution in [-0.2, 0) is 0 Å². The summed E-state index contributed by atoms with van der Waals surface area (Å²) in [6.07, 6.45) is -0.907. The maximum atomic E-state index is 10.3. The van der Waals surface area contributed by atoms with Crippen molar-refractivity contribution in [1.82, 2.24) is 0 Å². The summed E-state index contributed by atoms with van der Waals surface area (Å²) in [6, 6.07) is 12.0. The Hall–Kier alpha value is -1.19. The number of fused-ring (bicyclic) bond motifs is 1. The van der Waals surface area contributed by atoms with Crippen molar-refractivity contribution in [1.29, 1.82) is 0 Å². The Morgan fingerprint density at radius 1 is 0.900 bits per heavy atom. The second-order valence-corrected chi connectivity index (χ2v) is 5.66. The lowest BCUT2D eigenvalue weighted by Gasteiger charge is -2.08. The first-order valence-electron chi connectivity index (χ1n) is 5.86. The van der Waals surface area contributed by atoms with E-state index in [4.69, 9.17) is 39.2 Å². The Morgan fingerprint density at radius 3 is 2.45 bits per heavy atom. The molecule has 2 nitrogen and oxygen atoms in total. The van der Waals surface area contributed by atoms with Gasteiger partial charge in [0, 0.05) is 10.4 Å². The smallest absolute Gasteiger partial charge is 0.138 e. The fourth-order valence-electron chi connectivity index (χ4n) is 2.02. The molecular formula is C15H9Cl3O2. The first-order valence-corrected chi connectivity index (χ1v) is 7.00. The fourth-order valence-corrected chi connectivity index (χ4v) is 2.50. The molecule has 0 aliphatic heterocycles. The quantitative estimate of drug-likeness (QED) is 0.676. The summed E-state index contributed by atoms with van der Waals surface area (Å²) >= 11 is 17.7. The number of hydrogen-bond donors (Lipinski definition) is 1. The first-order chi connectivity index (χ1) is 9.54. The van der Waals surface area contributed by atoms with Gasteiger partial charge in [-0.05, 0) is 42.0 Å². The van der Waals surface area contributed by atoms with Crippen LogP contribution in [0.5, 0.6) is 0 Å². The summed E-state index contributed by atoms with van der Waals surface area (Å²) in [5.74, 6) is 0.431. The molecule has 0 aliphatic carbocycles. The normalized spacial score (nSPS) is 12.8. The van der Waals surface area contributed by atoms with Crippen LogP contribution in [0, 0.1) is 0 Å². The molecule has 1 N–H and O–H groups in total. The molecule has 102 valence electrons. The van der Waals surface area contributed by atoms with E-state index in [1.165, 1.54) is 0 Å². The lowest BCUT2D eigenvalue weighted by molar-refractivity contribution is 0.192. The van der Waals surface area contributed by atoms with E-state index in [1.807, 2.05) is 0 Å². The van der Waals surface area contributed by atoms with Crippen molar-refractivity contribution in [3.8, 4) is 0 Å². The van der Waals surface area contributed by atoms with Crippen LogP contribution in [0.4, 0.5) is 0 Å². The predicted molar refractivity (Wildman–Crippen MR) is 81.7 cm³/mol. The zero-order chi connectivity index (χ0) is 14.3. The van der Waals surface area contributed by atoms with Gasteiger partial charge in [-0.3, -0.25) is 0 Å². The molecule has 3 aromatic rings. The van der Waals surface area contributed by atoms with E-state index in [9.17, 15) is 5.11 Å². The zero-order valence-corrected chi connectivity index (χ0v) is 12.4. The van der Waals surface area contributed by atoms with Crippen LogP contribution in [0.2, 0.25) is 15.1 Å². The minimum absolute atomic E-state index is 0.391. The zero-order valence-electron chi connectivity index (χ0n) is 10.1. The summed E-state index contributed by atoms with van der Waals surface area (Å²) < 4.78 is 5.62. The van der Waals surface area contributed by atoms with Crippen LogP contribution >= 0.6 is 34.8 Å². The Kier molecular flexibility index (Phi) is 3.65. The summed E-state index contributed by atoms with van der Waals surface area (Å²) in [5.41, 5.74) is 1.29. The highest BCUT2D eigenvalue weighted by Gasteiger charge is 2.16. The van der Waals surface area contributed by atoms with E-state index in [1.54, 1.807) is 42.5 Å². The number of benzene rings is 2. The molecular weight excluding hydrogens is 319 g/mol. The minimum Gasteiger partial charge on any atom is -0.458 e. The van der Waals surface area contributed by atoms with E-state index in [2.05, 4.69) is 0 Å². The van der Waals surface area contributed by atoms with Crippen molar-refractivity contribution in [2.75, 3.05) is 0 Å². The molecule has 0 radical (unpaired) electrons. The van der Waals surface area contributed by atoms with Gasteiger partial charge in [-0.2, -0.15) is 0 Å². The summed E-state index contributed by atoms with van der Waals surface area (Å²) in [5, 5.41) is 12.6. The predicted octanol–water partition coefficient (Wildman–Crippen LogP) is 5.47. The van der Waals surface area contributed by atoms with E-state index in [-0.39, 0.29) is 0 Å². The third-order valence-electron chi connectivity index (χ3n) is 3.03. The van der Waals surface area contributed by atoms with Crippen LogP contribution in [0.25, 0.3) is 11.0 Å². The number of hydrogen-bond acceptors (Lipinski definition) is 2. The third kappa shape index (κ3) is 2.52. The average molecular weight is 328 g/mol. The molecule has 0 bridgehead atoms. The maximum Gasteiger partial charge on any atom is 0.138 e. The number of aliphatic hydroxyl groups is 1. The van der Waals surface area contributed by atoms with Crippen LogP contribution in [-0.4, -0.2) is 5.11 Å². The lowest BCUT2D eigenvalue weighted by Crippen LogP contribution is -1.97. The molecule has 0 fully saturated rings. The molecule has 1 atom stereocenters. The van der Waals surface area contributed by atoms with Gasteiger partial charge in [0.05, 0.1) is 10.0 Å². The molecule has 0 amide bonds. The van der Waals surface area contributed by atoms with Crippen molar-refractivity contribution in [3.63, 3.8) is 0 Å². The standard InChI is InChI=1S/C15H9Cl3O2/c16-10-2-4-13-9(5-10)7-14(20-13)15(19)8-1-3-11(17)12(18)6-8/h1-7,15,19H. The van der Waals surface area contributed by atoms with E-state index >= 15 is 0 Å². The Labute approximate surface area is 130 Å². The van der Waals surface area contributed by atoms with E-state index in [0.29, 0.717) is 32.0 Å².